The van der Waals surface area contributed by atoms with Crippen molar-refractivity contribution in [1.82, 2.24) is 23.9 Å². The molecule has 44 heavy (non-hydrogen) atoms. The number of halogens is 1. The number of aromatic nitrogens is 3. The predicted molar refractivity (Wildman–Crippen MR) is 174 cm³/mol. The van der Waals surface area contributed by atoms with Gasteiger partial charge in [0, 0.05) is 50.8 Å². The Morgan fingerprint density at radius 2 is 1.68 bits per heavy atom. The lowest BCUT2D eigenvalue weighted by Crippen LogP contribution is -2.49. The Balaban J connectivity index is 1.27. The molecule has 4 aromatic rings. The van der Waals surface area contributed by atoms with Gasteiger partial charge in [-0.2, -0.15) is 0 Å². The van der Waals surface area contributed by atoms with E-state index < -0.39 is 17.1 Å². The molecule has 0 amide bonds. The first-order valence-electron chi connectivity index (χ1n) is 16.1. The minimum Gasteiger partial charge on any atom is -0.328 e. The summed E-state index contributed by atoms with van der Waals surface area (Å²) < 4.78 is 17.0. The first kappa shape index (κ1) is 30.4. The fraction of sp³-hybridized carbons (Fsp3) is 0.457. The zero-order valence-electron chi connectivity index (χ0n) is 25.8. The molecule has 2 aromatic carbocycles. The van der Waals surface area contributed by atoms with Crippen LogP contribution in [0.25, 0.3) is 27.8 Å². The van der Waals surface area contributed by atoms with Crippen LogP contribution in [0.5, 0.6) is 0 Å². The molecule has 2 aromatic heterocycles. The molecule has 3 heterocycles. The van der Waals surface area contributed by atoms with Gasteiger partial charge >= 0.3 is 5.69 Å². The SMILES string of the molecule is CCCC(C)N1CCN(Cc2ccc(-c3cccc(-n4c(=O)n(C5CCC(N)CC5)c(=O)c5cc(F)cnc54)c3)cc2)CC1. The highest BCUT2D eigenvalue weighted by Crippen LogP contribution is 2.28. The van der Waals surface area contributed by atoms with E-state index in [1.54, 1.807) is 0 Å². The van der Waals surface area contributed by atoms with E-state index >= 15 is 0 Å². The molecule has 232 valence electrons. The summed E-state index contributed by atoms with van der Waals surface area (Å²) >= 11 is 0. The zero-order chi connectivity index (χ0) is 30.8. The highest BCUT2D eigenvalue weighted by Gasteiger charge is 2.26. The molecule has 6 rings (SSSR count). The average Bonchev–Trinajstić information content (AvgIpc) is 3.03. The molecule has 8 nitrogen and oxygen atoms in total. The van der Waals surface area contributed by atoms with E-state index in [1.165, 1.54) is 33.6 Å². The van der Waals surface area contributed by atoms with Gasteiger partial charge in [-0.1, -0.05) is 49.7 Å². The summed E-state index contributed by atoms with van der Waals surface area (Å²) in [5, 5.41) is 0.0925. The molecule has 0 spiro atoms. The van der Waals surface area contributed by atoms with Crippen LogP contribution in [-0.4, -0.2) is 62.2 Å². The van der Waals surface area contributed by atoms with E-state index in [1.807, 2.05) is 24.3 Å². The van der Waals surface area contributed by atoms with Crippen LogP contribution in [0.3, 0.4) is 0 Å². The number of hydrogen-bond donors (Lipinski definition) is 1. The maximum atomic E-state index is 14.3. The van der Waals surface area contributed by atoms with Gasteiger partial charge in [0.15, 0.2) is 5.65 Å². The number of piperazine rings is 1. The van der Waals surface area contributed by atoms with Gasteiger partial charge in [-0.05, 0) is 73.9 Å². The lowest BCUT2D eigenvalue weighted by Gasteiger charge is -2.38. The quantitative estimate of drug-likeness (QED) is 0.304. The third kappa shape index (κ3) is 6.27. The third-order valence-electron chi connectivity index (χ3n) is 9.53. The van der Waals surface area contributed by atoms with Gasteiger partial charge in [0.2, 0.25) is 0 Å². The van der Waals surface area contributed by atoms with Crippen LogP contribution < -0.4 is 17.0 Å². The maximum absolute atomic E-state index is 14.3. The monoisotopic (exact) mass is 598 g/mol. The van der Waals surface area contributed by atoms with E-state index in [4.69, 9.17) is 5.73 Å². The molecular formula is C35H43FN6O2. The largest absolute Gasteiger partial charge is 0.337 e. The second-order valence-corrected chi connectivity index (χ2v) is 12.6. The van der Waals surface area contributed by atoms with Crippen molar-refractivity contribution >= 4 is 11.0 Å². The topological polar surface area (TPSA) is 89.4 Å². The molecule has 2 fully saturated rings. The zero-order valence-corrected chi connectivity index (χ0v) is 25.8. The summed E-state index contributed by atoms with van der Waals surface area (Å²) in [4.78, 5) is 36.8. The van der Waals surface area contributed by atoms with Crippen molar-refractivity contribution in [3.63, 3.8) is 0 Å². The highest BCUT2D eigenvalue weighted by molar-refractivity contribution is 5.76. The molecule has 0 bridgehead atoms. The lowest BCUT2D eigenvalue weighted by molar-refractivity contribution is 0.0943. The van der Waals surface area contributed by atoms with Crippen LogP contribution in [-0.2, 0) is 6.54 Å². The fourth-order valence-electron chi connectivity index (χ4n) is 6.95. The van der Waals surface area contributed by atoms with Crippen molar-refractivity contribution in [2.45, 2.75) is 77.0 Å². The third-order valence-corrected chi connectivity index (χ3v) is 9.53. The van der Waals surface area contributed by atoms with Crippen LogP contribution in [0.15, 0.2) is 70.4 Å². The van der Waals surface area contributed by atoms with Crippen LogP contribution in [0.4, 0.5) is 4.39 Å². The predicted octanol–water partition coefficient (Wildman–Crippen LogP) is 5.10. The molecule has 0 radical (unpaired) electrons. The summed E-state index contributed by atoms with van der Waals surface area (Å²) in [6.45, 7) is 9.90. The summed E-state index contributed by atoms with van der Waals surface area (Å²) in [6, 6.07) is 17.9. The fourth-order valence-corrected chi connectivity index (χ4v) is 6.95. The minimum atomic E-state index is -0.612. The number of nitrogens with two attached hydrogens (primary N) is 1. The van der Waals surface area contributed by atoms with E-state index in [0.717, 1.165) is 62.9 Å². The number of pyridine rings is 1. The van der Waals surface area contributed by atoms with E-state index in [9.17, 15) is 14.0 Å². The van der Waals surface area contributed by atoms with Gasteiger partial charge in [0.1, 0.15) is 5.82 Å². The van der Waals surface area contributed by atoms with Crippen molar-refractivity contribution in [3.8, 4) is 16.8 Å². The Morgan fingerprint density at radius 3 is 2.39 bits per heavy atom. The van der Waals surface area contributed by atoms with E-state index in [2.05, 4.69) is 52.9 Å². The average molecular weight is 599 g/mol. The standard InChI is InChI=1S/C35H43FN6O2/c1-3-5-24(2)40-18-16-39(17-19-40)23-25-8-10-26(11-9-25)27-6-4-7-31(20-27)41-33-32(21-28(36)22-38-33)34(43)42(35(41)44)30-14-12-29(37)13-15-30/h4,6-11,20-22,24,29-30H,3,5,12-19,23,37H2,1-2H3. The molecular weight excluding hydrogens is 555 g/mol. The molecule has 1 aliphatic carbocycles. The molecule has 9 heteroatoms. The Hall–Kier alpha value is -3.66. The second kappa shape index (κ2) is 13.1. The van der Waals surface area contributed by atoms with E-state index in [-0.39, 0.29) is 23.1 Å². The van der Waals surface area contributed by atoms with Crippen LogP contribution >= 0.6 is 0 Å². The van der Waals surface area contributed by atoms with Crippen LogP contribution in [0.2, 0.25) is 0 Å². The van der Waals surface area contributed by atoms with Gasteiger partial charge in [0.25, 0.3) is 5.56 Å². The van der Waals surface area contributed by atoms with Gasteiger partial charge in [-0.3, -0.25) is 19.2 Å². The summed E-state index contributed by atoms with van der Waals surface area (Å²) in [7, 11) is 0. The Morgan fingerprint density at radius 1 is 0.955 bits per heavy atom. The van der Waals surface area contributed by atoms with Crippen molar-refractivity contribution in [2.75, 3.05) is 26.2 Å². The smallest absolute Gasteiger partial charge is 0.328 e. The molecule has 1 atom stereocenters. The summed E-state index contributed by atoms with van der Waals surface area (Å²) in [5.41, 5.74) is 9.11. The van der Waals surface area contributed by atoms with Gasteiger partial charge in [0.05, 0.1) is 17.3 Å². The lowest BCUT2D eigenvalue weighted by atomic mass is 9.91. The van der Waals surface area contributed by atoms with Crippen molar-refractivity contribution in [1.29, 1.82) is 0 Å². The molecule has 1 saturated carbocycles. The van der Waals surface area contributed by atoms with Gasteiger partial charge in [-0.25, -0.2) is 18.7 Å². The van der Waals surface area contributed by atoms with Crippen LogP contribution in [0, 0.1) is 5.82 Å². The number of benzene rings is 2. The molecule has 1 unspecified atom stereocenters. The number of fused-ring (bicyclic) bond motifs is 1. The normalized spacial score (nSPS) is 20.6. The van der Waals surface area contributed by atoms with Crippen molar-refractivity contribution in [3.05, 3.63) is 93.0 Å². The summed E-state index contributed by atoms with van der Waals surface area (Å²) in [6.07, 6.45) is 6.25. The first-order chi connectivity index (χ1) is 21.3. The van der Waals surface area contributed by atoms with Gasteiger partial charge < -0.3 is 5.73 Å². The second-order valence-electron chi connectivity index (χ2n) is 12.6. The van der Waals surface area contributed by atoms with Crippen molar-refractivity contribution in [2.24, 2.45) is 5.73 Å². The summed E-state index contributed by atoms with van der Waals surface area (Å²) in [5.74, 6) is -0.612. The highest BCUT2D eigenvalue weighted by atomic mass is 19.1. The molecule has 1 aliphatic heterocycles. The Labute approximate surface area is 257 Å². The Kier molecular flexibility index (Phi) is 9.07. The maximum Gasteiger partial charge on any atom is 0.337 e. The number of hydrogen-bond acceptors (Lipinski definition) is 6. The molecule has 1 saturated heterocycles. The number of nitrogens with zero attached hydrogens (tertiary/aromatic N) is 5. The minimum absolute atomic E-state index is 0.0661. The first-order valence-corrected chi connectivity index (χ1v) is 16.1. The Bertz CT molecular complexity index is 1720. The number of rotatable bonds is 8. The van der Waals surface area contributed by atoms with Gasteiger partial charge in [-0.15, -0.1) is 0 Å². The van der Waals surface area contributed by atoms with E-state index in [0.29, 0.717) is 24.6 Å². The van der Waals surface area contributed by atoms with Crippen molar-refractivity contribution < 1.29 is 4.39 Å². The van der Waals surface area contributed by atoms with Crippen LogP contribution in [0.1, 0.15) is 64.0 Å². The molecule has 2 N–H and O–H groups in total. The molecule has 2 aliphatic rings.